The Labute approximate surface area is 245 Å². The number of benzene rings is 3. The van der Waals surface area contributed by atoms with Crippen molar-refractivity contribution in [3.63, 3.8) is 0 Å². The maximum absolute atomic E-state index is 13.5. The van der Waals surface area contributed by atoms with Crippen molar-refractivity contribution >= 4 is 29.1 Å². The van der Waals surface area contributed by atoms with E-state index >= 15 is 0 Å². The summed E-state index contributed by atoms with van der Waals surface area (Å²) in [6, 6.07) is 27.2. The van der Waals surface area contributed by atoms with Crippen molar-refractivity contribution in [2.24, 2.45) is 0 Å². The Bertz CT molecular complexity index is 1480. The number of carbonyl (C=O) groups is 2. The maximum atomic E-state index is 13.5. The number of hydrogen-bond donors (Lipinski definition) is 1. The van der Waals surface area contributed by atoms with Gasteiger partial charge in [-0.1, -0.05) is 72.4 Å². The minimum Gasteiger partial charge on any atom is -0.372 e. The van der Waals surface area contributed by atoms with Crippen LogP contribution in [-0.4, -0.2) is 46.6 Å². The molecule has 0 aliphatic heterocycles. The number of Topliss-reactive ketones (excluding diaryl/α,β-unsaturated/α-hetero) is 1. The first-order chi connectivity index (χ1) is 20.0. The van der Waals surface area contributed by atoms with E-state index in [1.807, 2.05) is 72.8 Å². The monoisotopic (exact) mass is 568 g/mol. The second-order valence-corrected chi connectivity index (χ2v) is 10.5. The van der Waals surface area contributed by atoms with Crippen LogP contribution in [0.25, 0.3) is 0 Å². The van der Waals surface area contributed by atoms with Crippen LogP contribution in [0.5, 0.6) is 0 Å². The lowest BCUT2D eigenvalue weighted by Crippen LogP contribution is -2.35. The second kappa shape index (κ2) is 15.0. The molecule has 8 heteroatoms. The van der Waals surface area contributed by atoms with Crippen molar-refractivity contribution in [3.8, 4) is 0 Å². The SMILES string of the molecule is CCN(CC)c1ccc(C(=O)CSc2ncc(C(=O)NCCCc3ccccc3)c(=O)n2Cc2ccccc2)cc1. The topological polar surface area (TPSA) is 84.3 Å². The van der Waals surface area contributed by atoms with E-state index in [0.29, 0.717) is 17.3 Å². The Balaban J connectivity index is 1.47. The van der Waals surface area contributed by atoms with Gasteiger partial charge in [0.05, 0.1) is 12.3 Å². The van der Waals surface area contributed by atoms with E-state index in [2.05, 4.69) is 41.2 Å². The standard InChI is InChI=1S/C33H36N4O3S/c1-3-36(4-2)28-19-17-27(18-20-28)30(38)24-41-33-35-22-29(32(40)37(33)23-26-14-9-6-10-15-26)31(39)34-21-11-16-25-12-7-5-8-13-25/h5-10,12-15,17-20,22H,3-4,11,16,21,23-24H2,1-2H3,(H,34,39). The van der Waals surface area contributed by atoms with E-state index in [0.717, 1.165) is 37.2 Å². The van der Waals surface area contributed by atoms with Gasteiger partial charge in [-0.2, -0.15) is 0 Å². The van der Waals surface area contributed by atoms with Gasteiger partial charge in [0.15, 0.2) is 10.9 Å². The zero-order chi connectivity index (χ0) is 29.0. The van der Waals surface area contributed by atoms with Gasteiger partial charge < -0.3 is 10.2 Å². The van der Waals surface area contributed by atoms with Gasteiger partial charge >= 0.3 is 0 Å². The lowest BCUT2D eigenvalue weighted by Gasteiger charge is -2.21. The Morgan fingerprint density at radius 1 is 0.878 bits per heavy atom. The molecule has 3 aromatic carbocycles. The molecule has 1 aromatic heterocycles. The molecule has 0 radical (unpaired) electrons. The summed E-state index contributed by atoms with van der Waals surface area (Å²) in [6.45, 7) is 6.68. The highest BCUT2D eigenvalue weighted by Gasteiger charge is 2.18. The highest BCUT2D eigenvalue weighted by Crippen LogP contribution is 2.20. The van der Waals surface area contributed by atoms with Crippen molar-refractivity contribution in [1.29, 1.82) is 0 Å². The summed E-state index contributed by atoms with van der Waals surface area (Å²) in [7, 11) is 0. The highest BCUT2D eigenvalue weighted by atomic mass is 32.2. The summed E-state index contributed by atoms with van der Waals surface area (Å²) in [5.41, 5.74) is 3.34. The molecule has 0 unspecified atom stereocenters. The quantitative estimate of drug-likeness (QED) is 0.0939. The molecule has 0 aliphatic rings. The van der Waals surface area contributed by atoms with Crippen LogP contribution in [0.1, 0.15) is 52.1 Å². The zero-order valence-electron chi connectivity index (χ0n) is 23.6. The van der Waals surface area contributed by atoms with E-state index in [-0.39, 0.29) is 23.6 Å². The number of aryl methyl sites for hydroxylation is 1. The number of carbonyl (C=O) groups excluding carboxylic acids is 2. The number of rotatable bonds is 14. The number of thioether (sulfide) groups is 1. The van der Waals surface area contributed by atoms with Crippen LogP contribution in [0.2, 0.25) is 0 Å². The molecular weight excluding hydrogens is 532 g/mol. The predicted octanol–water partition coefficient (Wildman–Crippen LogP) is 5.48. The molecule has 0 atom stereocenters. The Hall–Kier alpha value is -4.17. The van der Waals surface area contributed by atoms with Crippen LogP contribution in [0.3, 0.4) is 0 Å². The van der Waals surface area contributed by atoms with Gasteiger partial charge in [0.25, 0.3) is 11.5 Å². The van der Waals surface area contributed by atoms with Crippen LogP contribution < -0.4 is 15.8 Å². The average molecular weight is 569 g/mol. The summed E-state index contributed by atoms with van der Waals surface area (Å²) in [5, 5.41) is 3.25. The van der Waals surface area contributed by atoms with Gasteiger partial charge in [-0.15, -0.1) is 0 Å². The number of amides is 1. The molecule has 0 fully saturated rings. The first-order valence-corrected chi connectivity index (χ1v) is 15.0. The molecule has 41 heavy (non-hydrogen) atoms. The van der Waals surface area contributed by atoms with Crippen LogP contribution in [0.15, 0.2) is 101 Å². The fourth-order valence-corrected chi connectivity index (χ4v) is 5.41. The zero-order valence-corrected chi connectivity index (χ0v) is 24.4. The molecule has 0 saturated heterocycles. The number of nitrogens with zero attached hydrogens (tertiary/aromatic N) is 3. The van der Waals surface area contributed by atoms with Gasteiger partial charge in [0.2, 0.25) is 0 Å². The molecule has 212 valence electrons. The molecule has 0 aliphatic carbocycles. The molecule has 4 aromatic rings. The number of anilines is 1. The lowest BCUT2D eigenvalue weighted by molar-refractivity contribution is 0.0949. The van der Waals surface area contributed by atoms with Crippen molar-refractivity contribution in [2.75, 3.05) is 30.3 Å². The Kier molecular flexibility index (Phi) is 10.9. The van der Waals surface area contributed by atoms with Crippen molar-refractivity contribution in [3.05, 3.63) is 124 Å². The van der Waals surface area contributed by atoms with Gasteiger partial charge in [-0.3, -0.25) is 19.0 Å². The molecule has 4 rings (SSSR count). The summed E-state index contributed by atoms with van der Waals surface area (Å²) >= 11 is 1.20. The molecule has 0 bridgehead atoms. The first-order valence-electron chi connectivity index (χ1n) is 14.0. The summed E-state index contributed by atoms with van der Waals surface area (Å²) in [4.78, 5) is 46.1. The van der Waals surface area contributed by atoms with E-state index in [1.54, 1.807) is 0 Å². The summed E-state index contributed by atoms with van der Waals surface area (Å²) < 4.78 is 1.48. The van der Waals surface area contributed by atoms with Crippen LogP contribution in [-0.2, 0) is 13.0 Å². The number of aromatic nitrogens is 2. The molecule has 7 nitrogen and oxygen atoms in total. The average Bonchev–Trinajstić information content (AvgIpc) is 3.01. The third-order valence-electron chi connectivity index (χ3n) is 6.86. The number of ketones is 1. The maximum Gasteiger partial charge on any atom is 0.267 e. The third kappa shape index (κ3) is 8.17. The van der Waals surface area contributed by atoms with E-state index in [4.69, 9.17) is 0 Å². The van der Waals surface area contributed by atoms with Crippen molar-refractivity contribution < 1.29 is 9.59 Å². The minimum atomic E-state index is -0.446. The van der Waals surface area contributed by atoms with E-state index in [9.17, 15) is 14.4 Å². The smallest absolute Gasteiger partial charge is 0.267 e. The van der Waals surface area contributed by atoms with Crippen molar-refractivity contribution in [2.45, 2.75) is 38.4 Å². The molecule has 1 amide bonds. The first kappa shape index (κ1) is 29.8. The fourth-order valence-electron chi connectivity index (χ4n) is 4.55. The molecule has 1 heterocycles. The van der Waals surface area contributed by atoms with E-state index < -0.39 is 11.5 Å². The Morgan fingerprint density at radius 3 is 2.15 bits per heavy atom. The predicted molar refractivity (Wildman–Crippen MR) is 166 cm³/mol. The van der Waals surface area contributed by atoms with Crippen molar-refractivity contribution in [1.82, 2.24) is 14.9 Å². The van der Waals surface area contributed by atoms with Gasteiger partial charge in [0, 0.05) is 37.1 Å². The largest absolute Gasteiger partial charge is 0.372 e. The van der Waals surface area contributed by atoms with Gasteiger partial charge in [-0.25, -0.2) is 4.98 Å². The highest BCUT2D eigenvalue weighted by molar-refractivity contribution is 7.99. The molecule has 1 N–H and O–H groups in total. The summed E-state index contributed by atoms with van der Waals surface area (Å²) in [5.74, 6) is -0.378. The fraction of sp³-hybridized carbons (Fsp3) is 0.273. The minimum absolute atomic E-state index is 0.0108. The molecular formula is C33H36N4O3S. The number of nitrogens with one attached hydrogen (secondary N) is 1. The van der Waals surface area contributed by atoms with Gasteiger partial charge in [0.1, 0.15) is 5.56 Å². The summed E-state index contributed by atoms with van der Waals surface area (Å²) in [6.07, 6.45) is 2.91. The molecule has 0 saturated carbocycles. The normalized spacial score (nSPS) is 10.8. The van der Waals surface area contributed by atoms with Crippen LogP contribution in [0.4, 0.5) is 5.69 Å². The molecule has 0 spiro atoms. The van der Waals surface area contributed by atoms with Gasteiger partial charge in [-0.05, 0) is 62.1 Å². The van der Waals surface area contributed by atoms with E-state index in [1.165, 1.54) is 28.1 Å². The third-order valence-corrected chi connectivity index (χ3v) is 7.85. The Morgan fingerprint density at radius 2 is 1.51 bits per heavy atom. The second-order valence-electron chi connectivity index (χ2n) is 9.61. The lowest BCUT2D eigenvalue weighted by atomic mass is 10.1. The number of hydrogen-bond acceptors (Lipinski definition) is 6. The van der Waals surface area contributed by atoms with Crippen LogP contribution in [0, 0.1) is 0 Å². The van der Waals surface area contributed by atoms with Crippen LogP contribution >= 0.6 is 11.8 Å².